The molecule has 0 unspecified atom stereocenters. The summed E-state index contributed by atoms with van der Waals surface area (Å²) in [5.41, 5.74) is 0.183. The van der Waals surface area contributed by atoms with Crippen LogP contribution in [0.1, 0.15) is 32.1 Å². The maximum Gasteiger partial charge on any atom is 0.231 e. The Labute approximate surface area is 148 Å². The summed E-state index contributed by atoms with van der Waals surface area (Å²) >= 11 is 8.91. The van der Waals surface area contributed by atoms with E-state index in [1.54, 1.807) is 11.3 Å². The molecule has 1 amide bonds. The number of hydrogen-bond acceptors (Lipinski definition) is 5. The second kappa shape index (κ2) is 7.08. The van der Waals surface area contributed by atoms with Crippen LogP contribution in [-0.4, -0.2) is 22.2 Å². The quantitative estimate of drug-likeness (QED) is 0.816. The molecule has 0 spiro atoms. The van der Waals surface area contributed by atoms with E-state index < -0.39 is 5.54 Å². The molecule has 1 aliphatic carbocycles. The molecule has 0 saturated heterocycles. The SMILES string of the molecule is N#CC1(NC(=O)CSc2nc3cc(Cl)ccc3s2)CCCCC1. The fourth-order valence-corrected chi connectivity index (χ4v) is 4.81. The lowest BCUT2D eigenvalue weighted by Gasteiger charge is -2.31. The predicted octanol–water partition coefficient (Wildman–Crippen LogP) is 4.38. The van der Waals surface area contributed by atoms with Gasteiger partial charge in [-0.1, -0.05) is 42.6 Å². The summed E-state index contributed by atoms with van der Waals surface area (Å²) in [6.07, 6.45) is 4.64. The van der Waals surface area contributed by atoms with Gasteiger partial charge in [0.2, 0.25) is 5.91 Å². The van der Waals surface area contributed by atoms with Crippen molar-refractivity contribution in [3.63, 3.8) is 0 Å². The molecule has 1 N–H and O–H groups in total. The first kappa shape index (κ1) is 16.6. The van der Waals surface area contributed by atoms with Gasteiger partial charge in [-0.2, -0.15) is 5.26 Å². The van der Waals surface area contributed by atoms with Crippen LogP contribution in [0.5, 0.6) is 0 Å². The van der Waals surface area contributed by atoms with E-state index in [2.05, 4.69) is 16.4 Å². The van der Waals surface area contributed by atoms with E-state index in [1.807, 2.05) is 18.2 Å². The first-order valence-electron chi connectivity index (χ1n) is 7.51. The third-order valence-corrected chi connectivity index (χ3v) is 6.37. The number of carbonyl (C=O) groups is 1. The number of halogens is 1. The molecule has 1 aromatic heterocycles. The third kappa shape index (κ3) is 3.97. The van der Waals surface area contributed by atoms with Gasteiger partial charge in [0.15, 0.2) is 4.34 Å². The van der Waals surface area contributed by atoms with Crippen molar-refractivity contribution in [3.05, 3.63) is 23.2 Å². The van der Waals surface area contributed by atoms with E-state index in [9.17, 15) is 10.1 Å². The van der Waals surface area contributed by atoms with Gasteiger partial charge in [-0.05, 0) is 31.0 Å². The van der Waals surface area contributed by atoms with Crippen molar-refractivity contribution in [3.8, 4) is 6.07 Å². The standard InChI is InChI=1S/C16H16ClN3OS2/c17-11-4-5-13-12(8-11)19-15(23-13)22-9-14(21)20-16(10-18)6-2-1-3-7-16/h4-5,8H,1-3,6-7,9H2,(H,20,21). The molecule has 1 aromatic carbocycles. The van der Waals surface area contributed by atoms with E-state index in [0.717, 1.165) is 46.7 Å². The number of benzene rings is 1. The van der Waals surface area contributed by atoms with Crippen molar-refractivity contribution in [2.45, 2.75) is 42.0 Å². The Morgan fingerprint density at radius 1 is 1.43 bits per heavy atom. The number of nitriles is 1. The van der Waals surface area contributed by atoms with Gasteiger partial charge in [0.25, 0.3) is 0 Å². The fraction of sp³-hybridized carbons (Fsp3) is 0.438. The number of nitrogens with zero attached hydrogens (tertiary/aromatic N) is 2. The zero-order valence-corrected chi connectivity index (χ0v) is 14.9. The lowest BCUT2D eigenvalue weighted by Crippen LogP contribution is -2.49. The number of amides is 1. The molecule has 1 aliphatic rings. The summed E-state index contributed by atoms with van der Waals surface area (Å²) in [5.74, 6) is 0.174. The third-order valence-electron chi connectivity index (χ3n) is 3.96. The zero-order chi connectivity index (χ0) is 16.3. The van der Waals surface area contributed by atoms with Gasteiger partial charge in [0.1, 0.15) is 5.54 Å². The van der Waals surface area contributed by atoms with Crippen LogP contribution in [0.15, 0.2) is 22.5 Å². The van der Waals surface area contributed by atoms with Crippen LogP contribution >= 0.6 is 34.7 Å². The minimum absolute atomic E-state index is 0.101. The first-order chi connectivity index (χ1) is 11.1. The predicted molar refractivity (Wildman–Crippen MR) is 94.9 cm³/mol. The highest BCUT2D eigenvalue weighted by molar-refractivity contribution is 8.01. The van der Waals surface area contributed by atoms with Crippen LogP contribution in [0.25, 0.3) is 10.2 Å². The molecule has 0 aliphatic heterocycles. The summed E-state index contributed by atoms with van der Waals surface area (Å²) in [6, 6.07) is 7.90. The molecule has 0 atom stereocenters. The molecule has 2 aromatic rings. The molecule has 1 fully saturated rings. The fourth-order valence-electron chi connectivity index (χ4n) is 2.79. The molecule has 3 rings (SSSR count). The van der Waals surface area contributed by atoms with Gasteiger partial charge < -0.3 is 5.32 Å². The minimum atomic E-state index is -0.670. The van der Waals surface area contributed by atoms with Crippen LogP contribution in [0, 0.1) is 11.3 Å². The highest BCUT2D eigenvalue weighted by Gasteiger charge is 2.33. The number of aromatic nitrogens is 1. The molecular weight excluding hydrogens is 350 g/mol. The monoisotopic (exact) mass is 365 g/mol. The van der Waals surface area contributed by atoms with Crippen LogP contribution in [0.3, 0.4) is 0 Å². The van der Waals surface area contributed by atoms with Crippen LogP contribution in [0.2, 0.25) is 5.02 Å². The van der Waals surface area contributed by atoms with E-state index in [1.165, 1.54) is 11.8 Å². The summed E-state index contributed by atoms with van der Waals surface area (Å²) in [7, 11) is 0. The maximum atomic E-state index is 12.2. The topological polar surface area (TPSA) is 65.8 Å². The summed E-state index contributed by atoms with van der Waals surface area (Å²) in [6.45, 7) is 0. The smallest absolute Gasteiger partial charge is 0.231 e. The molecule has 0 bridgehead atoms. The summed E-state index contributed by atoms with van der Waals surface area (Å²) in [5, 5.41) is 13.0. The highest BCUT2D eigenvalue weighted by atomic mass is 35.5. The summed E-state index contributed by atoms with van der Waals surface area (Å²) < 4.78 is 1.89. The second-order valence-corrected chi connectivity index (χ2v) is 8.37. The van der Waals surface area contributed by atoms with E-state index in [-0.39, 0.29) is 11.7 Å². The Kier molecular flexibility index (Phi) is 5.10. The van der Waals surface area contributed by atoms with E-state index in [4.69, 9.17) is 11.6 Å². The Balaban J connectivity index is 1.60. The molecule has 120 valence electrons. The molecule has 1 saturated carbocycles. The molecule has 7 heteroatoms. The van der Waals surface area contributed by atoms with Gasteiger partial charge in [-0.15, -0.1) is 11.3 Å². The highest BCUT2D eigenvalue weighted by Crippen LogP contribution is 2.31. The maximum absolute atomic E-state index is 12.2. The minimum Gasteiger partial charge on any atom is -0.337 e. The number of nitrogens with one attached hydrogen (secondary N) is 1. The van der Waals surface area contributed by atoms with Gasteiger partial charge >= 0.3 is 0 Å². The van der Waals surface area contributed by atoms with Gasteiger partial charge in [-0.3, -0.25) is 4.79 Å². The molecule has 0 radical (unpaired) electrons. The van der Waals surface area contributed by atoms with Gasteiger partial charge in [-0.25, -0.2) is 4.98 Å². The normalized spacial score (nSPS) is 16.9. The lowest BCUT2D eigenvalue weighted by atomic mass is 9.83. The molecular formula is C16H16ClN3OS2. The van der Waals surface area contributed by atoms with Crippen molar-refractivity contribution in [1.82, 2.24) is 10.3 Å². The number of carbonyl (C=O) groups excluding carboxylic acids is 1. The van der Waals surface area contributed by atoms with Crippen LogP contribution in [-0.2, 0) is 4.79 Å². The Bertz CT molecular complexity index is 762. The van der Waals surface area contributed by atoms with Crippen LogP contribution < -0.4 is 5.32 Å². The van der Waals surface area contributed by atoms with Crippen molar-refractivity contribution in [1.29, 1.82) is 5.26 Å². The van der Waals surface area contributed by atoms with E-state index >= 15 is 0 Å². The molecule has 23 heavy (non-hydrogen) atoms. The van der Waals surface area contributed by atoms with Crippen molar-refractivity contribution in [2.75, 3.05) is 5.75 Å². The van der Waals surface area contributed by atoms with E-state index in [0.29, 0.717) is 5.02 Å². The summed E-state index contributed by atoms with van der Waals surface area (Å²) in [4.78, 5) is 16.7. The average Bonchev–Trinajstić information content (AvgIpc) is 2.96. The first-order valence-corrected chi connectivity index (χ1v) is 9.69. The number of thioether (sulfide) groups is 1. The van der Waals surface area contributed by atoms with Gasteiger partial charge in [0.05, 0.1) is 22.0 Å². The second-order valence-electron chi connectivity index (χ2n) is 5.68. The Morgan fingerprint density at radius 2 is 2.22 bits per heavy atom. The number of fused-ring (bicyclic) bond motifs is 1. The molecule has 4 nitrogen and oxygen atoms in total. The zero-order valence-electron chi connectivity index (χ0n) is 12.5. The lowest BCUT2D eigenvalue weighted by molar-refractivity contribution is -0.120. The van der Waals surface area contributed by atoms with Crippen LogP contribution in [0.4, 0.5) is 0 Å². The number of thiazole rings is 1. The average molecular weight is 366 g/mol. The number of rotatable bonds is 4. The Morgan fingerprint density at radius 3 is 2.96 bits per heavy atom. The van der Waals surface area contributed by atoms with Crippen molar-refractivity contribution < 1.29 is 4.79 Å². The number of hydrogen-bond donors (Lipinski definition) is 1. The van der Waals surface area contributed by atoms with Crippen molar-refractivity contribution in [2.24, 2.45) is 0 Å². The Hall–Kier alpha value is -1.29. The molecule has 1 heterocycles. The largest absolute Gasteiger partial charge is 0.337 e. The van der Waals surface area contributed by atoms with Gasteiger partial charge in [0, 0.05) is 5.02 Å². The van der Waals surface area contributed by atoms with Crippen molar-refractivity contribution >= 4 is 50.8 Å².